The molecule has 7 rings (SSSR count). The molecule has 2 fully saturated rings. The van der Waals surface area contributed by atoms with Crippen LogP contribution in [-0.2, 0) is 52.2 Å². The molecule has 5 aromatic rings. The van der Waals surface area contributed by atoms with E-state index in [4.69, 9.17) is 18.6 Å². The van der Waals surface area contributed by atoms with Gasteiger partial charge in [-0.05, 0) is 91.5 Å². The van der Waals surface area contributed by atoms with Crippen LogP contribution in [-0.4, -0.2) is 17.2 Å². The summed E-state index contributed by atoms with van der Waals surface area (Å²) >= 11 is 0. The van der Waals surface area contributed by atoms with Crippen molar-refractivity contribution in [3.8, 4) is 0 Å². The van der Waals surface area contributed by atoms with Gasteiger partial charge in [0.05, 0.1) is 0 Å². The van der Waals surface area contributed by atoms with Crippen molar-refractivity contribution in [1.29, 1.82) is 0 Å². The molecule has 0 spiro atoms. The number of hydrogen-bond acceptors (Lipinski definition) is 0. The maximum absolute atomic E-state index is 7.50. The molecular weight excluding hydrogens is 863 g/mol. The summed E-state index contributed by atoms with van der Waals surface area (Å²) in [5.41, 5.74) is 3.08. The minimum absolute atomic E-state index is 0. The SMILES string of the molecule is [C-]#[O+].[C-]#[O+].[C-]#[O+].[C-]#[O+].[C](=[C]P(C1CCCCC1)C1CCCCC1)c1ccccc1.[Co].[Co].c1ccc(P(CP(c2ccccc2)c2ccccc2)c2ccccc2)cc1. The molecule has 9 heteroatoms. The molecule has 0 atom stereocenters. The summed E-state index contributed by atoms with van der Waals surface area (Å²) in [4.78, 5) is 0. The van der Waals surface area contributed by atoms with Crippen LogP contribution in [0.2, 0.25) is 0 Å². The Morgan fingerprint density at radius 3 is 0.931 bits per heavy atom. The fraction of sp³-hybridized carbons (Fsp3) is 0.265. The molecule has 0 aromatic heterocycles. The number of rotatable bonds is 10. The largest absolute Gasteiger partial charge is 0.0675 e. The van der Waals surface area contributed by atoms with Gasteiger partial charge in [0.2, 0.25) is 0 Å². The smallest absolute Gasteiger partial charge is 0.00405 e. The van der Waals surface area contributed by atoms with Gasteiger partial charge in [-0.2, -0.15) is 0 Å². The molecule has 0 unspecified atom stereocenters. The van der Waals surface area contributed by atoms with E-state index in [1.165, 1.54) is 96.9 Å². The summed E-state index contributed by atoms with van der Waals surface area (Å²) < 4.78 is 30.0. The summed E-state index contributed by atoms with van der Waals surface area (Å²) in [7, 11) is -0.899. The van der Waals surface area contributed by atoms with Gasteiger partial charge in [-0.15, -0.1) is 0 Å². The van der Waals surface area contributed by atoms with Crippen LogP contribution in [0.25, 0.3) is 0 Å². The average molecular weight is 913 g/mol. The molecule has 0 bridgehead atoms. The van der Waals surface area contributed by atoms with E-state index >= 15 is 0 Å². The van der Waals surface area contributed by atoms with E-state index in [-0.39, 0.29) is 41.5 Å². The van der Waals surface area contributed by atoms with Gasteiger partial charge in [0.1, 0.15) is 0 Å². The molecule has 302 valence electrons. The van der Waals surface area contributed by atoms with E-state index in [2.05, 4.69) is 190 Å². The fourth-order valence-electron chi connectivity index (χ4n) is 7.05. The summed E-state index contributed by atoms with van der Waals surface area (Å²) in [5.74, 6) is 4.96. The normalized spacial score (nSPS) is 13.3. The van der Waals surface area contributed by atoms with E-state index in [1.807, 2.05) is 0 Å². The summed E-state index contributed by atoms with van der Waals surface area (Å²) in [6, 6.07) is 54.7. The molecule has 0 aliphatic heterocycles. The molecule has 2 aliphatic rings. The number of hydrogen-bond donors (Lipinski definition) is 0. The first-order valence-corrected chi connectivity index (χ1v) is 23.3. The molecule has 0 saturated heterocycles. The molecule has 2 aliphatic carbocycles. The second-order valence-corrected chi connectivity index (χ2v) is 20.3. The van der Waals surface area contributed by atoms with Crippen LogP contribution < -0.4 is 21.2 Å². The van der Waals surface area contributed by atoms with Gasteiger partial charge < -0.3 is 0 Å². The third-order valence-corrected chi connectivity index (χ3v) is 18.5. The Labute approximate surface area is 372 Å². The van der Waals surface area contributed by atoms with Crippen molar-refractivity contribution in [3.63, 3.8) is 0 Å². The maximum Gasteiger partial charge on any atom is 0.00405 e. The average Bonchev–Trinajstić information content (AvgIpc) is 3.32. The second-order valence-electron chi connectivity index (χ2n) is 12.9. The second kappa shape index (κ2) is 36.0. The van der Waals surface area contributed by atoms with Crippen LogP contribution >= 0.6 is 23.8 Å². The van der Waals surface area contributed by atoms with E-state index in [0.717, 1.165) is 11.3 Å². The predicted octanol–water partition coefficient (Wildman–Crippen LogP) is 11.4. The molecule has 4 radical (unpaired) electrons. The van der Waals surface area contributed by atoms with E-state index in [9.17, 15) is 0 Å². The topological polar surface area (TPSA) is 79.6 Å². The third kappa shape index (κ3) is 19.4. The van der Waals surface area contributed by atoms with Crippen molar-refractivity contribution in [1.82, 2.24) is 0 Å². The Morgan fingerprint density at radius 2 is 0.655 bits per heavy atom. The van der Waals surface area contributed by atoms with Crippen molar-refractivity contribution in [2.75, 3.05) is 5.90 Å². The Morgan fingerprint density at radius 1 is 0.397 bits per heavy atom. The van der Waals surface area contributed by atoms with Crippen LogP contribution in [0.3, 0.4) is 0 Å². The zero-order valence-corrected chi connectivity index (χ0v) is 37.3. The standard InChI is InChI=1S/C25H22P2.C20H27P.4CO.2Co/c1-5-13-22(14-6-1)26(23-15-7-2-8-16-23)21-27(24-17-9-3-10-18-24)25-19-11-4-12-20-25;1-4-10-18(11-5-1)16-17-21(19-12-6-2-7-13-19)20-14-8-3-9-15-20;4*1-2;;/h1-20H,21H2;1,4-5,10-11,19-20H,2-3,6-9,12-15H2;;;;;;. The minimum Gasteiger partial charge on any atom is -0.0675 e. The van der Waals surface area contributed by atoms with Gasteiger partial charge in [0.15, 0.2) is 0 Å². The van der Waals surface area contributed by atoms with Gasteiger partial charge in [-0.1, -0.05) is 198 Å². The van der Waals surface area contributed by atoms with Crippen molar-refractivity contribution < 1.29 is 52.2 Å². The Hall–Kier alpha value is -2.90. The van der Waals surface area contributed by atoms with Crippen molar-refractivity contribution in [2.45, 2.75) is 75.5 Å². The van der Waals surface area contributed by atoms with Crippen LogP contribution in [0.15, 0.2) is 152 Å². The van der Waals surface area contributed by atoms with Gasteiger partial charge in [-0.25, -0.2) is 0 Å². The van der Waals surface area contributed by atoms with Gasteiger partial charge in [0.25, 0.3) is 0 Å². The van der Waals surface area contributed by atoms with E-state index < -0.39 is 15.8 Å². The minimum atomic E-state index is -0.409. The zero-order valence-electron chi connectivity index (χ0n) is 32.5. The molecule has 0 N–H and O–H groups in total. The number of benzene rings is 5. The van der Waals surface area contributed by atoms with Crippen molar-refractivity contribution in [2.24, 2.45) is 0 Å². The van der Waals surface area contributed by atoms with Crippen LogP contribution in [0.1, 0.15) is 69.8 Å². The van der Waals surface area contributed by atoms with Crippen LogP contribution in [0.4, 0.5) is 0 Å². The molecule has 0 heterocycles. The zero-order chi connectivity index (χ0) is 40.6. The van der Waals surface area contributed by atoms with Crippen molar-refractivity contribution >= 4 is 45.0 Å². The summed E-state index contributed by atoms with van der Waals surface area (Å²) in [6.45, 7) is 18.0. The van der Waals surface area contributed by atoms with Crippen LogP contribution in [0.5, 0.6) is 0 Å². The Kier molecular flexibility index (Phi) is 34.2. The summed E-state index contributed by atoms with van der Waals surface area (Å²) in [5, 5.41) is 5.83. The quantitative estimate of drug-likeness (QED) is 0.0760. The van der Waals surface area contributed by atoms with Crippen LogP contribution in [0, 0.1) is 38.5 Å². The van der Waals surface area contributed by atoms with Gasteiger partial charge in [0, 0.05) is 39.5 Å². The Bertz CT molecular complexity index is 1610. The molecule has 0 amide bonds. The summed E-state index contributed by atoms with van der Waals surface area (Å²) in [6.07, 6.45) is 18.0. The van der Waals surface area contributed by atoms with Gasteiger partial charge in [-0.3, -0.25) is 0 Å². The van der Waals surface area contributed by atoms with E-state index in [1.54, 1.807) is 0 Å². The van der Waals surface area contributed by atoms with Crippen molar-refractivity contribution in [3.05, 3.63) is 196 Å². The molecule has 58 heavy (non-hydrogen) atoms. The molecule has 2 saturated carbocycles. The predicted molar refractivity (Wildman–Crippen MR) is 231 cm³/mol. The van der Waals surface area contributed by atoms with Gasteiger partial charge >= 0.3 is 45.2 Å². The molecular formula is C49H49Co2O4P3. The Balaban J connectivity index is 0.000000947. The first-order chi connectivity index (χ1) is 27.8. The molecule has 4 nitrogen and oxygen atoms in total. The monoisotopic (exact) mass is 912 g/mol. The first kappa shape index (κ1) is 55.1. The molecule has 5 aromatic carbocycles. The first-order valence-electron chi connectivity index (χ1n) is 18.8. The third-order valence-electron chi connectivity index (χ3n) is 9.59. The fourth-order valence-corrected chi connectivity index (χ4v) is 16.6. The van der Waals surface area contributed by atoms with E-state index in [0.29, 0.717) is 0 Å². The maximum atomic E-state index is 7.50.